The first-order valence-corrected chi connectivity index (χ1v) is 6.95. The van der Waals surface area contributed by atoms with Gasteiger partial charge in [0.1, 0.15) is 9.88 Å². The van der Waals surface area contributed by atoms with Crippen molar-refractivity contribution in [2.24, 2.45) is 0 Å². The summed E-state index contributed by atoms with van der Waals surface area (Å²) in [6.07, 6.45) is 3.76. The van der Waals surface area contributed by atoms with E-state index in [9.17, 15) is 4.79 Å². The van der Waals surface area contributed by atoms with Crippen LogP contribution in [0.4, 0.5) is 0 Å². The van der Waals surface area contributed by atoms with Gasteiger partial charge in [-0.2, -0.15) is 5.26 Å². The molecule has 0 atom stereocenters. The lowest BCUT2D eigenvalue weighted by molar-refractivity contribution is 0.0802. The number of rotatable bonds is 4. The maximum atomic E-state index is 12.3. The molecule has 0 aliphatic carbocycles. The molecule has 0 bridgehead atoms. The molecule has 20 heavy (non-hydrogen) atoms. The van der Waals surface area contributed by atoms with Crippen LogP contribution < -0.4 is 0 Å². The van der Waals surface area contributed by atoms with Crippen molar-refractivity contribution >= 4 is 17.2 Å². The SMILES string of the molecule is Cc1nc(-c2cccnc2)sc1C(=O)N(C)CCC#N. The third-order valence-corrected chi connectivity index (χ3v) is 4.00. The highest BCUT2D eigenvalue weighted by Gasteiger charge is 2.19. The molecule has 2 aromatic rings. The highest BCUT2D eigenvalue weighted by Crippen LogP contribution is 2.28. The van der Waals surface area contributed by atoms with Crippen LogP contribution in [0.5, 0.6) is 0 Å². The van der Waals surface area contributed by atoms with E-state index < -0.39 is 0 Å². The van der Waals surface area contributed by atoms with Crippen molar-refractivity contribution in [3.8, 4) is 16.6 Å². The normalized spacial score (nSPS) is 10.1. The Kier molecular flexibility index (Phi) is 4.43. The predicted octanol–water partition coefficient (Wildman–Crippen LogP) is 2.50. The lowest BCUT2D eigenvalue weighted by Crippen LogP contribution is -2.27. The van der Waals surface area contributed by atoms with Crippen LogP contribution in [0.25, 0.3) is 10.6 Å². The van der Waals surface area contributed by atoms with Crippen molar-refractivity contribution in [2.75, 3.05) is 13.6 Å². The Labute approximate surface area is 121 Å². The summed E-state index contributed by atoms with van der Waals surface area (Å²) in [5, 5.41) is 9.36. The highest BCUT2D eigenvalue weighted by molar-refractivity contribution is 7.17. The van der Waals surface area contributed by atoms with Gasteiger partial charge in [-0.25, -0.2) is 4.98 Å². The molecule has 0 aliphatic heterocycles. The van der Waals surface area contributed by atoms with Crippen LogP contribution in [0, 0.1) is 18.3 Å². The molecule has 2 heterocycles. The zero-order chi connectivity index (χ0) is 14.5. The predicted molar refractivity (Wildman–Crippen MR) is 77.3 cm³/mol. The largest absolute Gasteiger partial charge is 0.340 e. The molecule has 5 nitrogen and oxygen atoms in total. The number of carbonyl (C=O) groups is 1. The van der Waals surface area contributed by atoms with Gasteiger partial charge in [-0.15, -0.1) is 11.3 Å². The quantitative estimate of drug-likeness (QED) is 0.866. The number of nitrogens with zero attached hydrogens (tertiary/aromatic N) is 4. The molecular weight excluding hydrogens is 272 g/mol. The Morgan fingerprint density at radius 2 is 2.35 bits per heavy atom. The molecule has 0 unspecified atom stereocenters. The molecule has 6 heteroatoms. The number of carbonyl (C=O) groups excluding carboxylic acids is 1. The van der Waals surface area contributed by atoms with E-state index in [1.54, 1.807) is 24.3 Å². The Morgan fingerprint density at radius 3 is 3.00 bits per heavy atom. The fraction of sp³-hybridized carbons (Fsp3) is 0.286. The summed E-state index contributed by atoms with van der Waals surface area (Å²) in [6.45, 7) is 2.25. The molecule has 0 saturated carbocycles. The monoisotopic (exact) mass is 286 g/mol. The molecule has 0 fully saturated rings. The maximum absolute atomic E-state index is 12.3. The fourth-order valence-corrected chi connectivity index (χ4v) is 2.75. The van der Waals surface area contributed by atoms with Crippen molar-refractivity contribution in [2.45, 2.75) is 13.3 Å². The van der Waals surface area contributed by atoms with Gasteiger partial charge in [0.25, 0.3) is 5.91 Å². The molecule has 0 aromatic carbocycles. The summed E-state index contributed by atoms with van der Waals surface area (Å²) < 4.78 is 0. The van der Waals surface area contributed by atoms with Gasteiger partial charge in [-0.05, 0) is 19.1 Å². The summed E-state index contributed by atoms with van der Waals surface area (Å²) in [7, 11) is 1.70. The van der Waals surface area contributed by atoms with E-state index in [1.165, 1.54) is 11.3 Å². The Bertz CT molecular complexity index is 645. The zero-order valence-corrected chi connectivity index (χ0v) is 12.1. The smallest absolute Gasteiger partial charge is 0.265 e. The average Bonchev–Trinajstić information content (AvgIpc) is 2.87. The van der Waals surface area contributed by atoms with Crippen LogP contribution in [0.15, 0.2) is 24.5 Å². The van der Waals surface area contributed by atoms with Crippen molar-refractivity contribution in [1.82, 2.24) is 14.9 Å². The lowest BCUT2D eigenvalue weighted by atomic mass is 10.3. The van der Waals surface area contributed by atoms with Gasteiger partial charge < -0.3 is 4.90 Å². The molecule has 0 N–H and O–H groups in total. The number of aryl methyl sites for hydroxylation is 1. The minimum atomic E-state index is -0.0922. The van der Waals surface area contributed by atoms with E-state index in [0.29, 0.717) is 23.5 Å². The molecule has 2 aromatic heterocycles. The molecule has 0 saturated heterocycles. The highest BCUT2D eigenvalue weighted by atomic mass is 32.1. The second-order valence-electron chi connectivity index (χ2n) is 4.31. The minimum absolute atomic E-state index is 0.0922. The van der Waals surface area contributed by atoms with Crippen LogP contribution in [-0.2, 0) is 0 Å². The number of hydrogen-bond acceptors (Lipinski definition) is 5. The van der Waals surface area contributed by atoms with Gasteiger partial charge >= 0.3 is 0 Å². The molecule has 1 amide bonds. The van der Waals surface area contributed by atoms with Gasteiger partial charge in [0.2, 0.25) is 0 Å². The van der Waals surface area contributed by atoms with Crippen molar-refractivity contribution in [3.63, 3.8) is 0 Å². The summed E-state index contributed by atoms with van der Waals surface area (Å²) in [6, 6.07) is 5.79. The number of thiazole rings is 1. The van der Waals surface area contributed by atoms with Crippen molar-refractivity contribution in [1.29, 1.82) is 5.26 Å². The van der Waals surface area contributed by atoms with E-state index in [0.717, 1.165) is 10.6 Å². The number of hydrogen-bond donors (Lipinski definition) is 0. The van der Waals surface area contributed by atoms with Gasteiger partial charge in [0, 0.05) is 31.5 Å². The Hall–Kier alpha value is -2.26. The first-order valence-electron chi connectivity index (χ1n) is 6.13. The van der Waals surface area contributed by atoms with Crippen molar-refractivity contribution < 1.29 is 4.79 Å². The van der Waals surface area contributed by atoms with E-state index in [-0.39, 0.29) is 5.91 Å². The van der Waals surface area contributed by atoms with Crippen LogP contribution in [0.3, 0.4) is 0 Å². The lowest BCUT2D eigenvalue weighted by Gasteiger charge is -2.14. The zero-order valence-electron chi connectivity index (χ0n) is 11.3. The topological polar surface area (TPSA) is 69.9 Å². The number of nitriles is 1. The summed E-state index contributed by atoms with van der Waals surface area (Å²) in [4.78, 5) is 22.9. The van der Waals surface area contributed by atoms with Gasteiger partial charge in [-0.1, -0.05) is 0 Å². The Balaban J connectivity index is 2.24. The third kappa shape index (κ3) is 3.00. The van der Waals surface area contributed by atoms with Crippen LogP contribution in [0.2, 0.25) is 0 Å². The number of pyridine rings is 1. The average molecular weight is 286 g/mol. The van der Waals surface area contributed by atoms with E-state index in [1.807, 2.05) is 25.1 Å². The second kappa shape index (κ2) is 6.26. The van der Waals surface area contributed by atoms with Crippen molar-refractivity contribution in [3.05, 3.63) is 35.1 Å². The first-order chi connectivity index (χ1) is 9.63. The third-order valence-electron chi connectivity index (χ3n) is 2.81. The van der Waals surface area contributed by atoms with Crippen LogP contribution in [-0.4, -0.2) is 34.4 Å². The molecule has 102 valence electrons. The minimum Gasteiger partial charge on any atom is -0.340 e. The number of amides is 1. The van der Waals surface area contributed by atoms with Gasteiger partial charge in [-0.3, -0.25) is 9.78 Å². The standard InChI is InChI=1S/C14H14N4OS/c1-10-12(14(19)18(2)8-4-6-15)20-13(17-10)11-5-3-7-16-9-11/h3,5,7,9H,4,8H2,1-2H3. The van der Waals surface area contributed by atoms with Gasteiger partial charge in [0.15, 0.2) is 0 Å². The van der Waals surface area contributed by atoms with E-state index >= 15 is 0 Å². The van der Waals surface area contributed by atoms with E-state index in [4.69, 9.17) is 5.26 Å². The van der Waals surface area contributed by atoms with Crippen LogP contribution in [0.1, 0.15) is 21.8 Å². The second-order valence-corrected chi connectivity index (χ2v) is 5.31. The summed E-state index contributed by atoms with van der Waals surface area (Å²) >= 11 is 1.36. The molecular formula is C14H14N4OS. The molecule has 0 radical (unpaired) electrons. The van der Waals surface area contributed by atoms with E-state index in [2.05, 4.69) is 9.97 Å². The maximum Gasteiger partial charge on any atom is 0.265 e. The number of aromatic nitrogens is 2. The molecule has 0 aliphatic rings. The van der Waals surface area contributed by atoms with Gasteiger partial charge in [0.05, 0.1) is 18.2 Å². The summed E-state index contributed by atoms with van der Waals surface area (Å²) in [5.74, 6) is -0.0922. The first kappa shape index (κ1) is 14.2. The fourth-order valence-electron chi connectivity index (χ4n) is 1.70. The summed E-state index contributed by atoms with van der Waals surface area (Å²) in [5.41, 5.74) is 1.61. The van der Waals surface area contributed by atoms with Crippen LogP contribution >= 0.6 is 11.3 Å². The molecule has 0 spiro atoms. The Morgan fingerprint density at radius 1 is 1.55 bits per heavy atom. The molecule has 2 rings (SSSR count).